The summed E-state index contributed by atoms with van der Waals surface area (Å²) >= 11 is 3.91. The Balaban J connectivity index is 3.23. The van der Waals surface area contributed by atoms with E-state index >= 15 is 0 Å². The maximum atomic E-state index is 3.91. The molecule has 1 aliphatic rings. The van der Waals surface area contributed by atoms with Crippen LogP contribution in [0.3, 0.4) is 0 Å². The Morgan fingerprint density at radius 2 is 1.80 bits per heavy atom. The van der Waals surface area contributed by atoms with E-state index in [1.807, 2.05) is 0 Å². The molecule has 0 aromatic rings. The van der Waals surface area contributed by atoms with Crippen LogP contribution in [0.15, 0.2) is 11.1 Å². The minimum Gasteiger partial charge on any atom is -0.0881 e. The number of halogens is 1. The zero-order valence-corrected chi connectivity index (χ0v) is 12.6. The van der Waals surface area contributed by atoms with E-state index in [0.717, 1.165) is 0 Å². The fourth-order valence-corrected chi connectivity index (χ4v) is 4.20. The SMILES string of the molecule is CC1=C(C(C)C)[C@](C)(C(C)C)[C@@H](Br)CC1. The Labute approximate surface area is 104 Å². The third kappa shape index (κ3) is 2.18. The second-order valence-electron chi connectivity index (χ2n) is 5.79. The highest BCUT2D eigenvalue weighted by atomic mass is 79.9. The van der Waals surface area contributed by atoms with E-state index in [-0.39, 0.29) is 0 Å². The minimum atomic E-state index is 0.344. The van der Waals surface area contributed by atoms with Crippen molar-refractivity contribution >= 4 is 15.9 Å². The number of hydrogen-bond donors (Lipinski definition) is 0. The number of hydrogen-bond acceptors (Lipinski definition) is 0. The van der Waals surface area contributed by atoms with Gasteiger partial charge in [-0.25, -0.2) is 0 Å². The summed E-state index contributed by atoms with van der Waals surface area (Å²) in [5.41, 5.74) is 3.68. The van der Waals surface area contributed by atoms with Crippen molar-refractivity contribution in [1.29, 1.82) is 0 Å². The molecule has 0 heterocycles. The first-order chi connectivity index (χ1) is 6.81. The third-order valence-electron chi connectivity index (χ3n) is 4.24. The van der Waals surface area contributed by atoms with Crippen molar-refractivity contribution in [2.45, 2.75) is 59.2 Å². The molecule has 0 fully saturated rings. The zero-order chi connectivity index (χ0) is 11.8. The van der Waals surface area contributed by atoms with E-state index in [2.05, 4.69) is 57.5 Å². The number of alkyl halides is 1. The highest BCUT2D eigenvalue weighted by Gasteiger charge is 2.43. The molecule has 0 saturated carbocycles. The molecule has 1 heteroatoms. The first-order valence-electron chi connectivity index (χ1n) is 6.16. The van der Waals surface area contributed by atoms with Gasteiger partial charge in [0.05, 0.1) is 0 Å². The Bertz CT molecular complexity index is 263. The van der Waals surface area contributed by atoms with E-state index in [0.29, 0.717) is 22.1 Å². The van der Waals surface area contributed by atoms with Crippen molar-refractivity contribution in [3.8, 4) is 0 Å². The molecule has 2 atom stereocenters. The smallest absolute Gasteiger partial charge is 0.0242 e. The van der Waals surface area contributed by atoms with Crippen LogP contribution in [-0.2, 0) is 0 Å². The molecule has 0 radical (unpaired) electrons. The largest absolute Gasteiger partial charge is 0.0881 e. The van der Waals surface area contributed by atoms with Gasteiger partial charge in [-0.2, -0.15) is 0 Å². The molecule has 0 aromatic carbocycles. The van der Waals surface area contributed by atoms with Crippen LogP contribution >= 0.6 is 15.9 Å². The van der Waals surface area contributed by atoms with Gasteiger partial charge in [0.1, 0.15) is 0 Å². The summed E-state index contributed by atoms with van der Waals surface area (Å²) in [4.78, 5) is 0.645. The van der Waals surface area contributed by atoms with E-state index in [1.54, 1.807) is 11.1 Å². The highest BCUT2D eigenvalue weighted by molar-refractivity contribution is 9.09. The van der Waals surface area contributed by atoms with Gasteiger partial charge < -0.3 is 0 Å². The molecule has 0 bridgehead atoms. The van der Waals surface area contributed by atoms with Gasteiger partial charge in [0, 0.05) is 10.2 Å². The van der Waals surface area contributed by atoms with Crippen LogP contribution in [0, 0.1) is 17.3 Å². The zero-order valence-electron chi connectivity index (χ0n) is 11.0. The summed E-state index contributed by atoms with van der Waals surface area (Å²) in [7, 11) is 0. The fraction of sp³-hybridized carbons (Fsp3) is 0.857. The first kappa shape index (κ1) is 13.3. The van der Waals surface area contributed by atoms with Crippen LogP contribution in [0.2, 0.25) is 0 Å². The van der Waals surface area contributed by atoms with Gasteiger partial charge in [0.15, 0.2) is 0 Å². The molecular weight excluding hydrogens is 248 g/mol. The van der Waals surface area contributed by atoms with Crippen molar-refractivity contribution in [3.63, 3.8) is 0 Å². The highest BCUT2D eigenvalue weighted by Crippen LogP contribution is 2.51. The van der Waals surface area contributed by atoms with Crippen LogP contribution in [0.1, 0.15) is 54.4 Å². The standard InChI is InChI=1S/C14H25Br/c1-9(2)13-11(5)7-8-12(15)14(13,6)10(3)4/h9-10,12H,7-8H2,1-6H3/t12-,14+/m0/s1. The molecule has 0 amide bonds. The van der Waals surface area contributed by atoms with E-state index in [9.17, 15) is 0 Å². The van der Waals surface area contributed by atoms with Crippen LogP contribution < -0.4 is 0 Å². The Morgan fingerprint density at radius 3 is 2.13 bits per heavy atom. The van der Waals surface area contributed by atoms with Gasteiger partial charge >= 0.3 is 0 Å². The predicted octanol–water partition coefficient (Wildman–Crippen LogP) is 5.18. The molecule has 0 aromatic heterocycles. The average Bonchev–Trinajstić information content (AvgIpc) is 2.11. The van der Waals surface area contributed by atoms with Crippen molar-refractivity contribution in [2.75, 3.05) is 0 Å². The molecule has 0 spiro atoms. The van der Waals surface area contributed by atoms with Crippen molar-refractivity contribution in [3.05, 3.63) is 11.1 Å². The molecule has 15 heavy (non-hydrogen) atoms. The van der Waals surface area contributed by atoms with Crippen LogP contribution in [0.25, 0.3) is 0 Å². The fourth-order valence-electron chi connectivity index (χ4n) is 3.19. The monoisotopic (exact) mass is 272 g/mol. The van der Waals surface area contributed by atoms with Gasteiger partial charge in [-0.15, -0.1) is 0 Å². The maximum Gasteiger partial charge on any atom is 0.0242 e. The molecule has 0 aliphatic heterocycles. The van der Waals surface area contributed by atoms with Gasteiger partial charge in [-0.1, -0.05) is 61.7 Å². The van der Waals surface area contributed by atoms with Crippen molar-refractivity contribution in [1.82, 2.24) is 0 Å². The van der Waals surface area contributed by atoms with Gasteiger partial charge in [-0.05, 0) is 31.6 Å². The molecule has 0 N–H and O–H groups in total. The first-order valence-corrected chi connectivity index (χ1v) is 7.07. The molecule has 0 unspecified atom stereocenters. The summed E-state index contributed by atoms with van der Waals surface area (Å²) in [5.74, 6) is 1.38. The molecule has 88 valence electrons. The quantitative estimate of drug-likeness (QED) is 0.480. The van der Waals surface area contributed by atoms with Crippen LogP contribution in [-0.4, -0.2) is 4.83 Å². The summed E-state index contributed by atoms with van der Waals surface area (Å²) in [5, 5.41) is 0. The lowest BCUT2D eigenvalue weighted by Crippen LogP contribution is -2.40. The molecule has 0 saturated heterocycles. The van der Waals surface area contributed by atoms with Gasteiger partial charge in [-0.3, -0.25) is 0 Å². The second-order valence-corrected chi connectivity index (χ2v) is 6.90. The molecular formula is C14H25Br. The Kier molecular flexibility index (Phi) is 4.08. The van der Waals surface area contributed by atoms with E-state index in [4.69, 9.17) is 0 Å². The minimum absolute atomic E-state index is 0.344. The summed E-state index contributed by atoms with van der Waals surface area (Å²) in [6.45, 7) is 14.2. The van der Waals surface area contributed by atoms with E-state index in [1.165, 1.54) is 12.8 Å². The summed E-state index contributed by atoms with van der Waals surface area (Å²) in [6.07, 6.45) is 2.56. The molecule has 0 nitrogen and oxygen atoms in total. The third-order valence-corrected chi connectivity index (χ3v) is 5.65. The Morgan fingerprint density at radius 1 is 1.27 bits per heavy atom. The predicted molar refractivity (Wildman–Crippen MR) is 72.4 cm³/mol. The van der Waals surface area contributed by atoms with Gasteiger partial charge in [0.2, 0.25) is 0 Å². The maximum absolute atomic E-state index is 3.91. The summed E-state index contributed by atoms with van der Waals surface area (Å²) < 4.78 is 0. The summed E-state index contributed by atoms with van der Waals surface area (Å²) in [6, 6.07) is 0. The average molecular weight is 273 g/mol. The van der Waals surface area contributed by atoms with E-state index < -0.39 is 0 Å². The lowest BCUT2D eigenvalue weighted by molar-refractivity contribution is 0.227. The molecule has 1 rings (SSSR count). The second kappa shape index (κ2) is 4.61. The van der Waals surface area contributed by atoms with Crippen LogP contribution in [0.5, 0.6) is 0 Å². The topological polar surface area (TPSA) is 0 Å². The molecule has 1 aliphatic carbocycles. The number of allylic oxidation sites excluding steroid dienone is 2. The lowest BCUT2D eigenvalue weighted by atomic mass is 9.62. The van der Waals surface area contributed by atoms with Crippen LogP contribution in [0.4, 0.5) is 0 Å². The van der Waals surface area contributed by atoms with Crippen molar-refractivity contribution < 1.29 is 0 Å². The number of rotatable bonds is 2. The lowest BCUT2D eigenvalue weighted by Gasteiger charge is -2.46. The Hall–Kier alpha value is 0.220. The normalized spacial score (nSPS) is 33.0. The van der Waals surface area contributed by atoms with Gasteiger partial charge in [0.25, 0.3) is 0 Å². The van der Waals surface area contributed by atoms with Crippen molar-refractivity contribution in [2.24, 2.45) is 17.3 Å².